The Balaban J connectivity index is 1.79. The van der Waals surface area contributed by atoms with Gasteiger partial charge in [0.2, 0.25) is 10.0 Å². The van der Waals surface area contributed by atoms with Crippen molar-refractivity contribution < 1.29 is 36.3 Å². The number of methoxy groups -OCH3 is 1. The van der Waals surface area contributed by atoms with Gasteiger partial charge in [0, 0.05) is 5.56 Å². The second-order valence-electron chi connectivity index (χ2n) is 9.37. The van der Waals surface area contributed by atoms with Crippen LogP contribution in [0.15, 0.2) is 57.3 Å². The smallest absolute Gasteiger partial charge is 0.322 e. The van der Waals surface area contributed by atoms with Crippen LogP contribution < -0.4 is 10.0 Å². The largest absolute Gasteiger partial charge is 0.506 e. The highest BCUT2D eigenvalue weighted by molar-refractivity contribution is 7.93. The molecule has 0 amide bonds. The minimum atomic E-state index is -4.43. The first kappa shape index (κ1) is 28.3. The summed E-state index contributed by atoms with van der Waals surface area (Å²) in [7, 11) is -7.55. The third kappa shape index (κ3) is 5.15. The lowest BCUT2D eigenvalue weighted by molar-refractivity contribution is -0.137. The van der Waals surface area contributed by atoms with Crippen LogP contribution in [0.4, 0.5) is 11.4 Å². The summed E-state index contributed by atoms with van der Waals surface area (Å²) < 4.78 is 61.3. The number of carbonyl (C=O) groups is 2. The molecule has 0 saturated carbocycles. The molecule has 1 aliphatic heterocycles. The summed E-state index contributed by atoms with van der Waals surface area (Å²) in [6, 6.07) is 10.7. The number of nitrogens with zero attached hydrogens (tertiary/aromatic N) is 1. The molecule has 39 heavy (non-hydrogen) atoms. The lowest BCUT2D eigenvalue weighted by Crippen LogP contribution is -2.44. The van der Waals surface area contributed by atoms with Gasteiger partial charge >= 0.3 is 5.97 Å². The Morgan fingerprint density at radius 1 is 1.13 bits per heavy atom. The van der Waals surface area contributed by atoms with Gasteiger partial charge in [0.15, 0.2) is 17.4 Å². The van der Waals surface area contributed by atoms with Crippen LogP contribution in [0.5, 0.6) is 0 Å². The number of anilines is 2. The van der Waals surface area contributed by atoms with Crippen LogP contribution in [0.2, 0.25) is 0 Å². The number of esters is 1. The molecule has 2 aromatic rings. The molecule has 208 valence electrons. The van der Waals surface area contributed by atoms with Gasteiger partial charge < -0.3 is 15.2 Å². The Bertz CT molecular complexity index is 1620. The predicted octanol–water partition coefficient (Wildman–Crippen LogP) is 3.50. The number of amidine groups is 1. The van der Waals surface area contributed by atoms with Crippen LogP contribution >= 0.6 is 0 Å². The van der Waals surface area contributed by atoms with Crippen molar-refractivity contribution in [1.82, 2.24) is 0 Å². The van der Waals surface area contributed by atoms with E-state index in [9.17, 15) is 31.5 Å². The topological polar surface area (TPSA) is 168 Å². The number of aliphatic hydroxyl groups is 1. The van der Waals surface area contributed by atoms with Crippen LogP contribution in [0, 0.1) is 0 Å². The van der Waals surface area contributed by atoms with Crippen LogP contribution in [-0.4, -0.2) is 52.4 Å². The molecule has 1 aliphatic carbocycles. The number of sulfonamides is 2. The second-order valence-corrected chi connectivity index (χ2v) is 12.7. The summed E-state index contributed by atoms with van der Waals surface area (Å²) in [6.07, 6.45) is 2.37. The molecule has 0 unspecified atom stereocenters. The molecule has 4 rings (SSSR count). The van der Waals surface area contributed by atoms with Crippen molar-refractivity contribution in [2.45, 2.75) is 49.8 Å². The van der Waals surface area contributed by atoms with Gasteiger partial charge in [0.05, 0.1) is 23.9 Å². The number of hydrogen-bond donors (Lipinski definition) is 3. The highest BCUT2D eigenvalue weighted by atomic mass is 32.2. The fourth-order valence-corrected chi connectivity index (χ4v) is 7.30. The molecule has 2 aliphatic rings. The van der Waals surface area contributed by atoms with E-state index < -0.39 is 43.0 Å². The zero-order valence-electron chi connectivity index (χ0n) is 21.6. The molecule has 13 heteroatoms. The van der Waals surface area contributed by atoms with E-state index in [-0.39, 0.29) is 33.4 Å². The van der Waals surface area contributed by atoms with Crippen molar-refractivity contribution >= 4 is 54.8 Å². The van der Waals surface area contributed by atoms with Gasteiger partial charge in [-0.2, -0.15) is 8.42 Å². The summed E-state index contributed by atoms with van der Waals surface area (Å²) in [5, 5.41) is 14.1. The number of aliphatic hydroxyl groups excluding tert-OH is 1. The summed E-state index contributed by atoms with van der Waals surface area (Å²) in [4.78, 5) is 25.1. The van der Waals surface area contributed by atoms with Crippen molar-refractivity contribution in [3.05, 3.63) is 59.2 Å². The van der Waals surface area contributed by atoms with Gasteiger partial charge in [-0.1, -0.05) is 51.0 Å². The van der Waals surface area contributed by atoms with Gasteiger partial charge in [0.25, 0.3) is 10.0 Å². The molecule has 0 saturated heterocycles. The number of carbonyl (C=O) groups excluding carboxylic acids is 2. The standard InChI is InChI=1S/C26H29N3O8S2/c1-4-12-26(13-5-2)18-9-7-6-8-17(18)23(31)22(24(26)32)25-27-19-11-10-16(14-20(19)39(35,36)29-25)28-38(33,34)15-21(30)37-3/h6-11,14,28,31H,4-5,12-13,15H2,1-3H3,(H,27,29). The van der Waals surface area contributed by atoms with E-state index in [1.165, 1.54) is 12.1 Å². The zero-order valence-corrected chi connectivity index (χ0v) is 23.3. The van der Waals surface area contributed by atoms with Crippen molar-refractivity contribution in [3.8, 4) is 0 Å². The van der Waals surface area contributed by atoms with Crippen LogP contribution in [0.3, 0.4) is 0 Å². The molecule has 11 nitrogen and oxygen atoms in total. The molecule has 0 aromatic heterocycles. The first-order valence-corrected chi connectivity index (χ1v) is 15.4. The molecule has 0 spiro atoms. The highest BCUT2D eigenvalue weighted by Gasteiger charge is 2.48. The molecule has 1 heterocycles. The Labute approximate surface area is 227 Å². The SMILES string of the molecule is CCCC1(CCC)C(=O)C(C2=NS(=O)(=O)c3cc(NS(=O)(=O)CC(=O)OC)ccc3N2)=C(O)c2ccccc21. The number of rotatable bonds is 9. The van der Waals surface area contributed by atoms with Crippen LogP contribution in [0.25, 0.3) is 5.76 Å². The number of benzene rings is 2. The summed E-state index contributed by atoms with van der Waals surface area (Å²) >= 11 is 0. The predicted molar refractivity (Wildman–Crippen MR) is 147 cm³/mol. The van der Waals surface area contributed by atoms with E-state index in [1.54, 1.807) is 18.2 Å². The number of fused-ring (bicyclic) bond motifs is 2. The van der Waals surface area contributed by atoms with Gasteiger partial charge in [0.1, 0.15) is 16.2 Å². The number of ketones is 1. The van der Waals surface area contributed by atoms with Gasteiger partial charge in [-0.15, -0.1) is 4.40 Å². The first-order chi connectivity index (χ1) is 18.4. The maximum Gasteiger partial charge on any atom is 0.322 e. The lowest BCUT2D eigenvalue weighted by atomic mass is 9.63. The van der Waals surface area contributed by atoms with Gasteiger partial charge in [-0.05, 0) is 36.6 Å². The molecule has 0 fully saturated rings. The maximum atomic E-state index is 14.1. The Kier molecular flexibility index (Phi) is 7.59. The summed E-state index contributed by atoms with van der Waals surface area (Å²) in [6.45, 7) is 3.92. The molecule has 2 aromatic carbocycles. The Morgan fingerprint density at radius 2 is 1.79 bits per heavy atom. The number of hydrogen-bond acceptors (Lipinski definition) is 9. The molecule has 0 bridgehead atoms. The number of nitrogens with one attached hydrogen (secondary N) is 2. The first-order valence-electron chi connectivity index (χ1n) is 12.3. The van der Waals surface area contributed by atoms with Crippen molar-refractivity contribution in [1.29, 1.82) is 0 Å². The maximum absolute atomic E-state index is 14.1. The van der Waals surface area contributed by atoms with Crippen LogP contribution in [-0.2, 0) is 39.8 Å². The fourth-order valence-electron chi connectivity index (χ4n) is 5.17. The fraction of sp³-hybridized carbons (Fsp3) is 0.346. The lowest BCUT2D eigenvalue weighted by Gasteiger charge is -2.39. The van der Waals surface area contributed by atoms with Gasteiger partial charge in [-0.3, -0.25) is 14.3 Å². The Hall–Kier alpha value is -3.71. The van der Waals surface area contributed by atoms with Crippen molar-refractivity contribution in [3.63, 3.8) is 0 Å². The third-order valence-corrected chi connectivity index (χ3v) is 9.20. The van der Waals surface area contributed by atoms with Crippen molar-refractivity contribution in [2.24, 2.45) is 4.40 Å². The minimum absolute atomic E-state index is 0.0412. The monoisotopic (exact) mass is 575 g/mol. The highest BCUT2D eigenvalue weighted by Crippen LogP contribution is 2.46. The molecule has 3 N–H and O–H groups in total. The average molecular weight is 576 g/mol. The molecule has 0 atom stereocenters. The van der Waals surface area contributed by atoms with E-state index in [2.05, 4.69) is 19.2 Å². The summed E-state index contributed by atoms with van der Waals surface area (Å²) in [5.74, 6) is -3.04. The molecule has 0 radical (unpaired) electrons. The second kappa shape index (κ2) is 10.5. The number of Topliss-reactive ketones (excluding diaryl/α,β-unsaturated/α-hetero) is 1. The molecular weight excluding hydrogens is 546 g/mol. The third-order valence-electron chi connectivity index (χ3n) is 6.72. The van der Waals surface area contributed by atoms with E-state index in [4.69, 9.17) is 0 Å². The van der Waals surface area contributed by atoms with Crippen molar-refractivity contribution in [2.75, 3.05) is 22.9 Å². The Morgan fingerprint density at radius 3 is 2.44 bits per heavy atom. The minimum Gasteiger partial charge on any atom is -0.506 e. The van der Waals surface area contributed by atoms with Crippen LogP contribution in [0.1, 0.15) is 50.7 Å². The van der Waals surface area contributed by atoms with E-state index >= 15 is 0 Å². The van der Waals surface area contributed by atoms with E-state index in [1.807, 2.05) is 19.9 Å². The quantitative estimate of drug-likeness (QED) is 0.379. The normalized spacial score (nSPS) is 17.4. The van der Waals surface area contributed by atoms with E-state index in [0.717, 1.165) is 13.2 Å². The molecular formula is C26H29N3O8S2. The summed E-state index contributed by atoms with van der Waals surface area (Å²) in [5.41, 5.74) is -0.110. The van der Waals surface area contributed by atoms with Gasteiger partial charge in [-0.25, -0.2) is 8.42 Å². The zero-order chi connectivity index (χ0) is 28.6. The van der Waals surface area contributed by atoms with E-state index in [0.29, 0.717) is 36.8 Å². The average Bonchev–Trinajstić information content (AvgIpc) is 2.87. The number of ether oxygens (including phenoxy) is 1.